The Kier molecular flexibility index (Phi) is 2.52. The second-order valence-corrected chi connectivity index (χ2v) is 2.69. The molecule has 11 heavy (non-hydrogen) atoms. The van der Waals surface area contributed by atoms with Gasteiger partial charge in [-0.15, -0.1) is 0 Å². The van der Waals surface area contributed by atoms with E-state index in [0.29, 0.717) is 0 Å². The van der Waals surface area contributed by atoms with Gasteiger partial charge in [-0.3, -0.25) is 4.99 Å². The largest absolute Gasteiger partial charge is 0.270 e. The molecule has 0 unspecified atom stereocenters. The summed E-state index contributed by atoms with van der Waals surface area (Å²) in [5, 5.41) is 0. The molecule has 3 nitrogen and oxygen atoms in total. The van der Waals surface area contributed by atoms with Crippen LogP contribution in [0.1, 0.15) is 27.2 Å². The van der Waals surface area contributed by atoms with Gasteiger partial charge in [-0.05, 0) is 20.8 Å². The normalized spacial score (nSPS) is 24.1. The predicted octanol–water partition coefficient (Wildman–Crippen LogP) is 1.69. The SMILES string of the molecule is CC1=NC(C)=N/C(C)=N\CC1. The number of amidine groups is 2. The quantitative estimate of drug-likeness (QED) is 0.505. The third-order valence-corrected chi connectivity index (χ3v) is 1.49. The molecule has 0 aromatic rings. The molecule has 0 bridgehead atoms. The Bertz CT molecular complexity index is 236. The molecule has 0 aromatic carbocycles. The smallest absolute Gasteiger partial charge is 0.127 e. The van der Waals surface area contributed by atoms with E-state index in [1.807, 2.05) is 20.8 Å². The van der Waals surface area contributed by atoms with E-state index < -0.39 is 0 Å². The zero-order chi connectivity index (χ0) is 8.27. The summed E-state index contributed by atoms with van der Waals surface area (Å²) in [6.07, 6.45) is 0.949. The van der Waals surface area contributed by atoms with Crippen molar-refractivity contribution in [1.29, 1.82) is 0 Å². The number of hydrogen-bond donors (Lipinski definition) is 0. The van der Waals surface area contributed by atoms with Gasteiger partial charge < -0.3 is 0 Å². The first-order valence-electron chi connectivity index (χ1n) is 3.79. The summed E-state index contributed by atoms with van der Waals surface area (Å²) in [6, 6.07) is 0. The molecule has 1 aliphatic heterocycles. The molecule has 0 saturated carbocycles. The molecule has 60 valence electrons. The number of hydrogen-bond acceptors (Lipinski definition) is 3. The van der Waals surface area contributed by atoms with E-state index in [9.17, 15) is 0 Å². The van der Waals surface area contributed by atoms with Crippen LogP contribution in [0.4, 0.5) is 0 Å². The van der Waals surface area contributed by atoms with E-state index >= 15 is 0 Å². The minimum absolute atomic E-state index is 0.809. The lowest BCUT2D eigenvalue weighted by atomic mass is 10.3. The van der Waals surface area contributed by atoms with Crippen LogP contribution in [0.2, 0.25) is 0 Å². The monoisotopic (exact) mass is 151 g/mol. The first-order chi connectivity index (χ1) is 5.18. The molecule has 0 spiro atoms. The van der Waals surface area contributed by atoms with Gasteiger partial charge in [0.15, 0.2) is 0 Å². The molecular weight excluding hydrogens is 138 g/mol. The number of rotatable bonds is 0. The molecule has 0 atom stereocenters. The van der Waals surface area contributed by atoms with Crippen molar-refractivity contribution in [2.75, 3.05) is 6.54 Å². The van der Waals surface area contributed by atoms with E-state index in [2.05, 4.69) is 15.0 Å². The van der Waals surface area contributed by atoms with Gasteiger partial charge in [-0.2, -0.15) is 0 Å². The molecule has 0 N–H and O–H groups in total. The van der Waals surface area contributed by atoms with E-state index in [-0.39, 0.29) is 0 Å². The Morgan fingerprint density at radius 2 is 1.73 bits per heavy atom. The fourth-order valence-electron chi connectivity index (χ4n) is 1.01. The maximum atomic E-state index is 4.27. The van der Waals surface area contributed by atoms with E-state index in [1.54, 1.807) is 0 Å². The fourth-order valence-corrected chi connectivity index (χ4v) is 1.01. The average molecular weight is 151 g/mol. The molecular formula is C8H13N3. The van der Waals surface area contributed by atoms with Crippen LogP contribution in [0, 0.1) is 0 Å². The van der Waals surface area contributed by atoms with E-state index in [1.165, 1.54) is 0 Å². The molecule has 0 saturated heterocycles. The van der Waals surface area contributed by atoms with Crippen LogP contribution in [-0.2, 0) is 0 Å². The second-order valence-electron chi connectivity index (χ2n) is 2.69. The second kappa shape index (κ2) is 3.42. The van der Waals surface area contributed by atoms with Gasteiger partial charge in [0, 0.05) is 18.7 Å². The highest BCUT2D eigenvalue weighted by Gasteiger charge is 1.97. The van der Waals surface area contributed by atoms with Crippen molar-refractivity contribution in [3.63, 3.8) is 0 Å². The van der Waals surface area contributed by atoms with Crippen LogP contribution in [0.3, 0.4) is 0 Å². The highest BCUT2D eigenvalue weighted by molar-refractivity contribution is 6.02. The number of nitrogens with zero attached hydrogens (tertiary/aromatic N) is 3. The van der Waals surface area contributed by atoms with Crippen molar-refractivity contribution in [2.24, 2.45) is 15.0 Å². The van der Waals surface area contributed by atoms with Crippen molar-refractivity contribution in [3.8, 4) is 0 Å². The molecule has 0 amide bonds. The molecule has 1 rings (SSSR count). The van der Waals surface area contributed by atoms with Gasteiger partial charge in [0.25, 0.3) is 0 Å². The Hall–Kier alpha value is -0.990. The lowest BCUT2D eigenvalue weighted by Gasteiger charge is -2.02. The van der Waals surface area contributed by atoms with E-state index in [0.717, 1.165) is 30.3 Å². The maximum Gasteiger partial charge on any atom is 0.127 e. The summed E-state index contributed by atoms with van der Waals surface area (Å²) in [6.45, 7) is 6.63. The molecule has 0 fully saturated rings. The van der Waals surface area contributed by atoms with Crippen LogP contribution in [-0.4, -0.2) is 23.9 Å². The van der Waals surface area contributed by atoms with Gasteiger partial charge in [0.2, 0.25) is 0 Å². The third kappa shape index (κ3) is 2.62. The highest BCUT2D eigenvalue weighted by Crippen LogP contribution is 1.96. The Morgan fingerprint density at radius 1 is 1.00 bits per heavy atom. The maximum absolute atomic E-state index is 4.27. The standard InChI is InChI=1S/C8H13N3/c1-6-4-5-9-7(2)11-8(3)10-6/h4-5H2,1-3H3/b9-7-,10-6?,11-8?. The molecule has 0 radical (unpaired) electrons. The molecule has 1 heterocycles. The summed E-state index contributed by atoms with van der Waals surface area (Å²) >= 11 is 0. The van der Waals surface area contributed by atoms with Crippen LogP contribution in [0.5, 0.6) is 0 Å². The Balaban J connectivity index is 2.87. The van der Waals surface area contributed by atoms with Gasteiger partial charge in [0.1, 0.15) is 11.7 Å². The topological polar surface area (TPSA) is 37.1 Å². The molecule has 0 aliphatic carbocycles. The van der Waals surface area contributed by atoms with Crippen LogP contribution in [0.25, 0.3) is 0 Å². The third-order valence-electron chi connectivity index (χ3n) is 1.49. The lowest BCUT2D eigenvalue weighted by molar-refractivity contribution is 1.02. The Labute approximate surface area is 67.0 Å². The Morgan fingerprint density at radius 3 is 2.45 bits per heavy atom. The fraction of sp³-hybridized carbons (Fsp3) is 0.625. The molecule has 1 aliphatic rings. The van der Waals surface area contributed by atoms with Crippen molar-refractivity contribution >= 4 is 17.4 Å². The molecule has 0 aromatic heterocycles. The predicted molar refractivity (Wildman–Crippen MR) is 48.8 cm³/mol. The van der Waals surface area contributed by atoms with Crippen LogP contribution in [0.15, 0.2) is 15.0 Å². The lowest BCUT2D eigenvalue weighted by Crippen LogP contribution is -2.05. The summed E-state index contributed by atoms with van der Waals surface area (Å²) in [5.41, 5.74) is 1.11. The van der Waals surface area contributed by atoms with Crippen LogP contribution >= 0.6 is 0 Å². The zero-order valence-electron chi connectivity index (χ0n) is 7.26. The molecule has 3 heteroatoms. The minimum atomic E-state index is 0.809. The van der Waals surface area contributed by atoms with Crippen molar-refractivity contribution < 1.29 is 0 Å². The summed E-state index contributed by atoms with van der Waals surface area (Å²) < 4.78 is 0. The summed E-state index contributed by atoms with van der Waals surface area (Å²) in [4.78, 5) is 12.7. The average Bonchev–Trinajstić information content (AvgIpc) is 1.83. The van der Waals surface area contributed by atoms with Gasteiger partial charge in [-0.25, -0.2) is 9.98 Å². The first-order valence-corrected chi connectivity index (χ1v) is 3.79. The van der Waals surface area contributed by atoms with Gasteiger partial charge >= 0.3 is 0 Å². The van der Waals surface area contributed by atoms with Crippen molar-refractivity contribution in [3.05, 3.63) is 0 Å². The number of aliphatic imine (C=N–C) groups is 3. The minimum Gasteiger partial charge on any atom is -0.270 e. The highest BCUT2D eigenvalue weighted by atomic mass is 15.0. The summed E-state index contributed by atoms with van der Waals surface area (Å²) in [5.74, 6) is 1.64. The summed E-state index contributed by atoms with van der Waals surface area (Å²) in [7, 11) is 0. The van der Waals surface area contributed by atoms with E-state index in [4.69, 9.17) is 0 Å². The van der Waals surface area contributed by atoms with Gasteiger partial charge in [0.05, 0.1) is 0 Å². The first kappa shape index (κ1) is 8.11. The van der Waals surface area contributed by atoms with Crippen molar-refractivity contribution in [2.45, 2.75) is 27.2 Å². The van der Waals surface area contributed by atoms with Crippen LogP contribution < -0.4 is 0 Å². The van der Waals surface area contributed by atoms with Gasteiger partial charge in [-0.1, -0.05) is 0 Å². The zero-order valence-corrected chi connectivity index (χ0v) is 7.26. The van der Waals surface area contributed by atoms with Crippen molar-refractivity contribution in [1.82, 2.24) is 0 Å².